The zero-order chi connectivity index (χ0) is 9.56. The van der Waals surface area contributed by atoms with Gasteiger partial charge in [-0.1, -0.05) is 13.3 Å². The Hall–Kier alpha value is -0.120. The van der Waals surface area contributed by atoms with Crippen molar-refractivity contribution in [1.82, 2.24) is 0 Å². The molecule has 0 aliphatic rings. The molecule has 0 rings (SSSR count). The topological polar surface area (TPSA) is 60.7 Å². The first-order chi connectivity index (χ1) is 5.61. The molecular weight excluding hydrogens is 156 g/mol. The predicted octanol–water partition coefficient (Wildman–Crippen LogP) is 0.527. The van der Waals surface area contributed by atoms with Crippen LogP contribution < -0.4 is 0 Å². The average Bonchev–Trinajstić information content (AvgIpc) is 2.00. The Bertz CT molecular complexity index is 104. The summed E-state index contributed by atoms with van der Waals surface area (Å²) in [6.07, 6.45) is 1.14. The molecule has 3 unspecified atom stereocenters. The normalized spacial score (nSPS) is 18.8. The van der Waals surface area contributed by atoms with Gasteiger partial charge in [0, 0.05) is 12.5 Å². The van der Waals surface area contributed by atoms with Crippen LogP contribution in [0.3, 0.4) is 0 Å². The number of aliphatic hydroxyl groups excluding tert-OH is 3. The van der Waals surface area contributed by atoms with Crippen LogP contribution in [-0.4, -0.2) is 34.1 Å². The minimum Gasteiger partial charge on any atom is -0.396 e. The van der Waals surface area contributed by atoms with Crippen molar-refractivity contribution in [3.8, 4) is 0 Å². The Morgan fingerprint density at radius 1 is 1.25 bits per heavy atom. The Morgan fingerprint density at radius 2 is 1.83 bits per heavy atom. The molecule has 12 heavy (non-hydrogen) atoms. The van der Waals surface area contributed by atoms with Gasteiger partial charge in [0.25, 0.3) is 0 Å². The molecule has 0 aliphatic heterocycles. The SMILES string of the molecule is CCCC(O)C(CO)CC(C)O. The lowest BCUT2D eigenvalue weighted by Gasteiger charge is -2.21. The van der Waals surface area contributed by atoms with Gasteiger partial charge in [-0.15, -0.1) is 0 Å². The van der Waals surface area contributed by atoms with Gasteiger partial charge in [-0.25, -0.2) is 0 Å². The molecule has 74 valence electrons. The molecule has 0 radical (unpaired) electrons. The summed E-state index contributed by atoms with van der Waals surface area (Å²) < 4.78 is 0. The average molecular weight is 176 g/mol. The summed E-state index contributed by atoms with van der Waals surface area (Å²) in [5, 5.41) is 27.4. The zero-order valence-corrected chi connectivity index (χ0v) is 7.90. The minimum atomic E-state index is -0.477. The lowest BCUT2D eigenvalue weighted by Crippen LogP contribution is -2.26. The van der Waals surface area contributed by atoms with E-state index < -0.39 is 12.2 Å². The van der Waals surface area contributed by atoms with Crippen LogP contribution in [0.1, 0.15) is 33.1 Å². The minimum absolute atomic E-state index is 0.0495. The summed E-state index contributed by atoms with van der Waals surface area (Å²) >= 11 is 0. The van der Waals surface area contributed by atoms with Gasteiger partial charge in [-0.3, -0.25) is 0 Å². The standard InChI is InChI=1S/C9H20O3/c1-3-4-9(12)8(6-10)5-7(2)11/h7-12H,3-6H2,1-2H3. The molecule has 0 amide bonds. The number of rotatable bonds is 6. The van der Waals surface area contributed by atoms with Crippen LogP contribution in [0.5, 0.6) is 0 Å². The lowest BCUT2D eigenvalue weighted by molar-refractivity contribution is 0.0296. The molecule has 0 spiro atoms. The summed E-state index contributed by atoms with van der Waals surface area (Å²) in [4.78, 5) is 0. The van der Waals surface area contributed by atoms with Crippen LogP contribution >= 0.6 is 0 Å². The third kappa shape index (κ3) is 4.70. The Kier molecular flexibility index (Phi) is 6.34. The van der Waals surface area contributed by atoms with Gasteiger partial charge in [0.05, 0.1) is 12.2 Å². The fourth-order valence-corrected chi connectivity index (χ4v) is 1.32. The van der Waals surface area contributed by atoms with Crippen molar-refractivity contribution in [1.29, 1.82) is 0 Å². The van der Waals surface area contributed by atoms with Gasteiger partial charge in [0.1, 0.15) is 0 Å². The highest BCUT2D eigenvalue weighted by Gasteiger charge is 2.18. The van der Waals surface area contributed by atoms with Crippen molar-refractivity contribution >= 4 is 0 Å². The first kappa shape index (κ1) is 11.9. The van der Waals surface area contributed by atoms with Crippen LogP contribution in [0.4, 0.5) is 0 Å². The predicted molar refractivity (Wildman–Crippen MR) is 47.8 cm³/mol. The van der Waals surface area contributed by atoms with Crippen molar-refractivity contribution in [2.45, 2.75) is 45.3 Å². The Labute approximate surface area is 74.0 Å². The number of hydrogen-bond donors (Lipinski definition) is 3. The summed E-state index contributed by atoms with van der Waals surface area (Å²) in [6, 6.07) is 0. The van der Waals surface area contributed by atoms with E-state index in [-0.39, 0.29) is 12.5 Å². The third-order valence-electron chi connectivity index (χ3n) is 2.01. The van der Waals surface area contributed by atoms with E-state index in [1.807, 2.05) is 6.92 Å². The molecular formula is C9H20O3. The summed E-state index contributed by atoms with van der Waals surface area (Å²) in [5.74, 6) is -0.176. The van der Waals surface area contributed by atoms with Crippen molar-refractivity contribution in [3.05, 3.63) is 0 Å². The quantitative estimate of drug-likeness (QED) is 0.553. The van der Waals surface area contributed by atoms with E-state index in [2.05, 4.69) is 0 Å². The van der Waals surface area contributed by atoms with Crippen LogP contribution in [0.2, 0.25) is 0 Å². The maximum Gasteiger partial charge on any atom is 0.0591 e. The molecule has 0 heterocycles. The smallest absolute Gasteiger partial charge is 0.0591 e. The first-order valence-electron chi connectivity index (χ1n) is 4.58. The van der Waals surface area contributed by atoms with Crippen molar-refractivity contribution in [3.63, 3.8) is 0 Å². The van der Waals surface area contributed by atoms with Crippen LogP contribution in [0.25, 0.3) is 0 Å². The van der Waals surface area contributed by atoms with Crippen LogP contribution in [-0.2, 0) is 0 Å². The molecule has 3 atom stereocenters. The van der Waals surface area contributed by atoms with Gasteiger partial charge in [0.2, 0.25) is 0 Å². The van der Waals surface area contributed by atoms with Gasteiger partial charge < -0.3 is 15.3 Å². The fourth-order valence-electron chi connectivity index (χ4n) is 1.32. The molecule has 0 aromatic heterocycles. The van der Waals surface area contributed by atoms with Gasteiger partial charge in [-0.2, -0.15) is 0 Å². The van der Waals surface area contributed by atoms with Crippen LogP contribution in [0.15, 0.2) is 0 Å². The van der Waals surface area contributed by atoms with Crippen molar-refractivity contribution in [2.24, 2.45) is 5.92 Å². The van der Waals surface area contributed by atoms with E-state index in [0.29, 0.717) is 12.8 Å². The molecule has 3 N–H and O–H groups in total. The Balaban J connectivity index is 3.78. The van der Waals surface area contributed by atoms with Crippen molar-refractivity contribution in [2.75, 3.05) is 6.61 Å². The summed E-state index contributed by atoms with van der Waals surface area (Å²) in [6.45, 7) is 3.60. The monoisotopic (exact) mass is 176 g/mol. The largest absolute Gasteiger partial charge is 0.396 e. The highest BCUT2D eigenvalue weighted by Crippen LogP contribution is 2.15. The maximum absolute atomic E-state index is 9.49. The lowest BCUT2D eigenvalue weighted by atomic mass is 9.94. The second-order valence-electron chi connectivity index (χ2n) is 3.38. The van der Waals surface area contributed by atoms with Gasteiger partial charge in [-0.05, 0) is 19.8 Å². The summed E-state index contributed by atoms with van der Waals surface area (Å²) in [7, 11) is 0. The maximum atomic E-state index is 9.49. The van der Waals surface area contributed by atoms with E-state index >= 15 is 0 Å². The number of hydrogen-bond acceptors (Lipinski definition) is 3. The molecule has 3 nitrogen and oxygen atoms in total. The van der Waals surface area contributed by atoms with E-state index in [1.54, 1.807) is 6.92 Å². The number of aliphatic hydroxyl groups is 3. The van der Waals surface area contributed by atoms with E-state index in [0.717, 1.165) is 6.42 Å². The highest BCUT2D eigenvalue weighted by atomic mass is 16.3. The van der Waals surface area contributed by atoms with E-state index in [4.69, 9.17) is 10.2 Å². The van der Waals surface area contributed by atoms with E-state index in [9.17, 15) is 5.11 Å². The zero-order valence-electron chi connectivity index (χ0n) is 7.90. The van der Waals surface area contributed by atoms with Gasteiger partial charge >= 0.3 is 0 Å². The molecule has 0 bridgehead atoms. The molecule has 0 aromatic carbocycles. The van der Waals surface area contributed by atoms with Gasteiger partial charge in [0.15, 0.2) is 0 Å². The summed E-state index contributed by atoms with van der Waals surface area (Å²) in [5.41, 5.74) is 0. The Morgan fingerprint density at radius 3 is 2.17 bits per heavy atom. The molecule has 0 aromatic rings. The third-order valence-corrected chi connectivity index (χ3v) is 2.01. The molecule has 3 heteroatoms. The highest BCUT2D eigenvalue weighted by molar-refractivity contribution is 4.69. The molecule has 0 saturated heterocycles. The second-order valence-corrected chi connectivity index (χ2v) is 3.38. The molecule has 0 fully saturated rings. The molecule has 0 saturated carbocycles. The van der Waals surface area contributed by atoms with E-state index in [1.165, 1.54) is 0 Å². The first-order valence-corrected chi connectivity index (χ1v) is 4.58. The second kappa shape index (κ2) is 6.40. The molecule has 0 aliphatic carbocycles. The van der Waals surface area contributed by atoms with Crippen LogP contribution in [0, 0.1) is 5.92 Å². The van der Waals surface area contributed by atoms with Crippen molar-refractivity contribution < 1.29 is 15.3 Å². The fraction of sp³-hybridized carbons (Fsp3) is 1.00.